The van der Waals surface area contributed by atoms with Crippen molar-refractivity contribution in [2.24, 2.45) is 11.8 Å². The Morgan fingerprint density at radius 1 is 1.13 bits per heavy atom. The number of ether oxygens (including phenoxy) is 3. The number of halogens is 3. The van der Waals surface area contributed by atoms with E-state index >= 15 is 0 Å². The molecule has 1 atom stereocenters. The highest BCUT2D eigenvalue weighted by molar-refractivity contribution is 7.92. The SMILES string of the molecule is CCOc1cc(NC(=O)C(CC2CCOCC2)C(=O)O)ccc1S(=O)(=O)Nc1cccc(OC(F)(F)F)c1. The number of rotatable bonds is 11. The van der Waals surface area contributed by atoms with Gasteiger partial charge in [0.1, 0.15) is 22.3 Å². The Morgan fingerprint density at radius 3 is 2.47 bits per heavy atom. The lowest BCUT2D eigenvalue weighted by molar-refractivity contribution is -0.274. The second-order valence-corrected chi connectivity index (χ2v) is 10.1. The van der Waals surface area contributed by atoms with Crippen LogP contribution in [0.25, 0.3) is 0 Å². The fraction of sp³-hybridized carbons (Fsp3) is 0.417. The standard InChI is InChI=1S/C24H27F3N2O8S/c1-2-36-20-14-16(28-22(30)19(23(31)32)12-15-8-10-35-11-9-15)6-7-21(20)38(33,34)29-17-4-3-5-18(13-17)37-24(25,26)27/h3-7,13-15,19,29H,2,8-12H2,1H3,(H,28,30)(H,31,32). The van der Waals surface area contributed by atoms with Crippen molar-refractivity contribution >= 4 is 33.3 Å². The van der Waals surface area contributed by atoms with Crippen molar-refractivity contribution in [3.63, 3.8) is 0 Å². The fourth-order valence-electron chi connectivity index (χ4n) is 3.91. The monoisotopic (exact) mass is 560 g/mol. The summed E-state index contributed by atoms with van der Waals surface area (Å²) in [5, 5.41) is 12.1. The Labute approximate surface area is 217 Å². The van der Waals surface area contributed by atoms with E-state index in [1.807, 2.05) is 0 Å². The summed E-state index contributed by atoms with van der Waals surface area (Å²) in [5.41, 5.74) is -0.0832. The van der Waals surface area contributed by atoms with E-state index in [1.54, 1.807) is 6.92 Å². The molecule has 2 aromatic rings. The van der Waals surface area contributed by atoms with Gasteiger partial charge in [-0.2, -0.15) is 0 Å². The van der Waals surface area contributed by atoms with Crippen molar-refractivity contribution in [3.8, 4) is 11.5 Å². The summed E-state index contributed by atoms with van der Waals surface area (Å²) in [4.78, 5) is 24.2. The third kappa shape index (κ3) is 8.25. The molecule has 3 rings (SSSR count). The minimum Gasteiger partial charge on any atom is -0.492 e. The molecule has 0 spiro atoms. The van der Waals surface area contributed by atoms with E-state index in [0.717, 1.165) is 18.2 Å². The molecule has 0 aliphatic carbocycles. The average molecular weight is 561 g/mol. The first-order chi connectivity index (χ1) is 17.9. The Bertz CT molecular complexity index is 1250. The molecular weight excluding hydrogens is 533 g/mol. The second kappa shape index (κ2) is 12.3. The van der Waals surface area contributed by atoms with E-state index in [0.29, 0.717) is 26.1 Å². The van der Waals surface area contributed by atoms with Crippen LogP contribution in [0, 0.1) is 11.8 Å². The topological polar surface area (TPSA) is 140 Å². The molecule has 0 aromatic heterocycles. The van der Waals surface area contributed by atoms with Crippen LogP contribution in [0.15, 0.2) is 47.4 Å². The zero-order chi connectivity index (χ0) is 27.9. The molecule has 0 radical (unpaired) electrons. The van der Waals surface area contributed by atoms with Gasteiger partial charge in [-0.1, -0.05) is 6.07 Å². The lowest BCUT2D eigenvalue weighted by Gasteiger charge is -2.24. The minimum atomic E-state index is -4.95. The molecule has 208 valence electrons. The van der Waals surface area contributed by atoms with E-state index in [9.17, 15) is 36.3 Å². The zero-order valence-corrected chi connectivity index (χ0v) is 21.1. The van der Waals surface area contributed by atoms with Crippen LogP contribution >= 0.6 is 0 Å². The lowest BCUT2D eigenvalue weighted by atomic mass is 9.88. The number of carboxylic acids is 1. The van der Waals surface area contributed by atoms with Gasteiger partial charge < -0.3 is 24.6 Å². The van der Waals surface area contributed by atoms with Gasteiger partial charge >= 0.3 is 12.3 Å². The molecule has 0 bridgehead atoms. The third-order valence-corrected chi connectivity index (χ3v) is 7.07. The Balaban J connectivity index is 1.79. The summed E-state index contributed by atoms with van der Waals surface area (Å²) in [6, 6.07) is 7.91. The van der Waals surface area contributed by atoms with Gasteiger partial charge in [-0.25, -0.2) is 8.42 Å². The van der Waals surface area contributed by atoms with Gasteiger partial charge in [-0.3, -0.25) is 14.3 Å². The summed E-state index contributed by atoms with van der Waals surface area (Å²) >= 11 is 0. The van der Waals surface area contributed by atoms with Crippen LogP contribution in [0.4, 0.5) is 24.5 Å². The van der Waals surface area contributed by atoms with Gasteiger partial charge in [0, 0.05) is 31.0 Å². The first-order valence-corrected chi connectivity index (χ1v) is 13.1. The van der Waals surface area contributed by atoms with E-state index in [2.05, 4.69) is 14.8 Å². The van der Waals surface area contributed by atoms with Crippen LogP contribution in [-0.2, 0) is 24.3 Å². The number of alkyl halides is 3. The number of benzene rings is 2. The van der Waals surface area contributed by atoms with Gasteiger partial charge in [0.15, 0.2) is 0 Å². The number of hydrogen-bond acceptors (Lipinski definition) is 7. The average Bonchev–Trinajstić information content (AvgIpc) is 2.82. The largest absolute Gasteiger partial charge is 0.573 e. The molecule has 3 N–H and O–H groups in total. The van der Waals surface area contributed by atoms with Crippen LogP contribution < -0.4 is 19.5 Å². The van der Waals surface area contributed by atoms with Crippen molar-refractivity contribution in [3.05, 3.63) is 42.5 Å². The number of carbonyl (C=O) groups excluding carboxylic acids is 1. The van der Waals surface area contributed by atoms with Crippen molar-refractivity contribution < 1.29 is 50.5 Å². The molecule has 38 heavy (non-hydrogen) atoms. The van der Waals surface area contributed by atoms with E-state index in [4.69, 9.17) is 9.47 Å². The first kappa shape index (κ1) is 29.0. The number of anilines is 2. The predicted molar refractivity (Wildman–Crippen MR) is 129 cm³/mol. The highest BCUT2D eigenvalue weighted by Gasteiger charge is 2.32. The van der Waals surface area contributed by atoms with Crippen molar-refractivity contribution in [1.29, 1.82) is 0 Å². The highest BCUT2D eigenvalue weighted by Crippen LogP contribution is 2.32. The molecule has 1 heterocycles. The van der Waals surface area contributed by atoms with Gasteiger partial charge in [0.2, 0.25) is 5.91 Å². The Morgan fingerprint density at radius 2 is 1.84 bits per heavy atom. The van der Waals surface area contributed by atoms with Crippen LogP contribution in [0.1, 0.15) is 26.2 Å². The first-order valence-electron chi connectivity index (χ1n) is 11.6. The van der Waals surface area contributed by atoms with Crippen LogP contribution in [0.3, 0.4) is 0 Å². The Kier molecular flexibility index (Phi) is 9.44. The minimum absolute atomic E-state index is 0.0215. The normalized spacial score (nSPS) is 15.4. The van der Waals surface area contributed by atoms with Crippen LogP contribution in [-0.4, -0.2) is 51.6 Å². The van der Waals surface area contributed by atoms with E-state index in [1.165, 1.54) is 24.3 Å². The quantitative estimate of drug-likeness (QED) is 0.347. The number of sulfonamides is 1. The molecule has 1 unspecified atom stereocenters. The zero-order valence-electron chi connectivity index (χ0n) is 20.3. The molecular formula is C24H27F3N2O8S. The summed E-state index contributed by atoms with van der Waals surface area (Å²) in [6.45, 7) is 2.65. The highest BCUT2D eigenvalue weighted by atomic mass is 32.2. The maximum atomic E-state index is 13.0. The number of carbonyl (C=O) groups is 2. The lowest BCUT2D eigenvalue weighted by Crippen LogP contribution is -2.32. The van der Waals surface area contributed by atoms with Crippen molar-refractivity contribution in [1.82, 2.24) is 0 Å². The molecule has 1 amide bonds. The van der Waals surface area contributed by atoms with E-state index < -0.39 is 39.9 Å². The number of carboxylic acid groups (broad SMARTS) is 1. The van der Waals surface area contributed by atoms with E-state index in [-0.39, 0.29) is 41.0 Å². The molecule has 1 aliphatic heterocycles. The van der Waals surface area contributed by atoms with Gasteiger partial charge in [-0.05, 0) is 56.4 Å². The van der Waals surface area contributed by atoms with Crippen molar-refractivity contribution in [2.75, 3.05) is 29.9 Å². The molecule has 1 fully saturated rings. The molecule has 2 aromatic carbocycles. The smallest absolute Gasteiger partial charge is 0.492 e. The summed E-state index contributed by atoms with van der Waals surface area (Å²) < 4.78 is 80.2. The number of nitrogens with one attached hydrogen (secondary N) is 2. The summed E-state index contributed by atoms with van der Waals surface area (Å²) in [5.74, 6) is -4.11. The summed E-state index contributed by atoms with van der Waals surface area (Å²) in [6.07, 6.45) is -3.52. The third-order valence-electron chi connectivity index (χ3n) is 5.64. The van der Waals surface area contributed by atoms with Gasteiger partial charge in [0.05, 0.1) is 12.3 Å². The number of aliphatic carboxylic acids is 1. The summed E-state index contributed by atoms with van der Waals surface area (Å²) in [7, 11) is -4.35. The maximum absolute atomic E-state index is 13.0. The van der Waals surface area contributed by atoms with Gasteiger partial charge in [0.25, 0.3) is 10.0 Å². The molecule has 0 saturated carbocycles. The van der Waals surface area contributed by atoms with Crippen LogP contribution in [0.2, 0.25) is 0 Å². The predicted octanol–water partition coefficient (Wildman–Crippen LogP) is 4.24. The second-order valence-electron chi connectivity index (χ2n) is 8.45. The molecule has 1 saturated heterocycles. The van der Waals surface area contributed by atoms with Crippen molar-refractivity contribution in [2.45, 2.75) is 37.4 Å². The maximum Gasteiger partial charge on any atom is 0.573 e. The molecule has 14 heteroatoms. The molecule has 1 aliphatic rings. The fourth-order valence-corrected chi connectivity index (χ4v) is 5.08. The molecule has 10 nitrogen and oxygen atoms in total. The number of amides is 1. The van der Waals surface area contributed by atoms with Gasteiger partial charge in [-0.15, -0.1) is 13.2 Å². The number of hydrogen-bond donors (Lipinski definition) is 3. The van der Waals surface area contributed by atoms with Crippen LogP contribution in [0.5, 0.6) is 11.5 Å². The Hall–Kier alpha value is -3.52.